The fourth-order valence-corrected chi connectivity index (χ4v) is 4.09. The quantitative estimate of drug-likeness (QED) is 0.672. The van der Waals surface area contributed by atoms with Gasteiger partial charge in [0.25, 0.3) is 6.01 Å². The number of nitrogens with zero attached hydrogens (tertiary/aromatic N) is 5. The number of fused-ring (bicyclic) bond motifs is 1. The highest BCUT2D eigenvalue weighted by Gasteiger charge is 2.24. The van der Waals surface area contributed by atoms with E-state index in [2.05, 4.69) is 30.8 Å². The lowest BCUT2D eigenvalue weighted by molar-refractivity contribution is 0.0844. The van der Waals surface area contributed by atoms with E-state index in [4.69, 9.17) is 9.15 Å². The molecule has 2 aliphatic heterocycles. The van der Waals surface area contributed by atoms with Crippen LogP contribution in [0.15, 0.2) is 28.7 Å². The van der Waals surface area contributed by atoms with Crippen LogP contribution in [-0.2, 0) is 4.74 Å². The number of rotatable bonds is 3. The molecule has 3 aromatic rings. The molecule has 0 spiro atoms. The SMILES string of the molecule is Cc1nc(C2CCOCC2)cc(N2CCN(c3nc4ccc(F)cc4o3)CC2)n1. The van der Waals surface area contributed by atoms with E-state index in [0.29, 0.717) is 23.0 Å². The molecule has 2 aromatic heterocycles. The average Bonchev–Trinajstić information content (AvgIpc) is 3.17. The van der Waals surface area contributed by atoms with Gasteiger partial charge in [0.1, 0.15) is 23.0 Å². The molecule has 1 aromatic carbocycles. The third-order valence-electron chi connectivity index (χ3n) is 5.70. The molecule has 0 saturated carbocycles. The van der Waals surface area contributed by atoms with Crippen LogP contribution in [0, 0.1) is 12.7 Å². The molecule has 0 amide bonds. The maximum Gasteiger partial charge on any atom is 0.298 e. The van der Waals surface area contributed by atoms with Gasteiger partial charge in [0.05, 0.1) is 0 Å². The normalized spacial score (nSPS) is 18.6. The average molecular weight is 397 g/mol. The van der Waals surface area contributed by atoms with Crippen molar-refractivity contribution in [3.63, 3.8) is 0 Å². The number of hydrogen-bond acceptors (Lipinski definition) is 7. The molecule has 0 unspecified atom stereocenters. The minimum absolute atomic E-state index is 0.315. The highest BCUT2D eigenvalue weighted by Crippen LogP contribution is 2.29. The second-order valence-electron chi connectivity index (χ2n) is 7.67. The predicted molar refractivity (Wildman–Crippen MR) is 108 cm³/mol. The van der Waals surface area contributed by atoms with Gasteiger partial charge in [-0.3, -0.25) is 0 Å². The van der Waals surface area contributed by atoms with Gasteiger partial charge in [-0.1, -0.05) is 0 Å². The molecule has 2 fully saturated rings. The van der Waals surface area contributed by atoms with Crippen molar-refractivity contribution in [2.45, 2.75) is 25.7 Å². The number of aromatic nitrogens is 3. The number of piperazine rings is 1. The van der Waals surface area contributed by atoms with Gasteiger partial charge in [-0.2, -0.15) is 4.98 Å². The molecule has 0 atom stereocenters. The summed E-state index contributed by atoms with van der Waals surface area (Å²) in [5, 5.41) is 0. The smallest absolute Gasteiger partial charge is 0.298 e. The lowest BCUT2D eigenvalue weighted by Crippen LogP contribution is -2.47. The lowest BCUT2D eigenvalue weighted by atomic mass is 9.96. The van der Waals surface area contributed by atoms with Crippen LogP contribution in [-0.4, -0.2) is 54.3 Å². The zero-order chi connectivity index (χ0) is 19.8. The van der Waals surface area contributed by atoms with Crippen LogP contribution in [0.25, 0.3) is 11.1 Å². The number of halogens is 1. The monoisotopic (exact) mass is 397 g/mol. The maximum atomic E-state index is 13.4. The van der Waals surface area contributed by atoms with Crippen LogP contribution in [0.4, 0.5) is 16.2 Å². The summed E-state index contributed by atoms with van der Waals surface area (Å²) >= 11 is 0. The van der Waals surface area contributed by atoms with E-state index in [1.54, 1.807) is 6.07 Å². The van der Waals surface area contributed by atoms with Crippen LogP contribution < -0.4 is 9.80 Å². The van der Waals surface area contributed by atoms with Crippen molar-refractivity contribution in [1.29, 1.82) is 0 Å². The van der Waals surface area contributed by atoms with E-state index >= 15 is 0 Å². The van der Waals surface area contributed by atoms with Crippen LogP contribution in [0.5, 0.6) is 0 Å². The van der Waals surface area contributed by atoms with Gasteiger partial charge < -0.3 is 19.0 Å². The first-order chi connectivity index (χ1) is 14.2. The van der Waals surface area contributed by atoms with E-state index in [-0.39, 0.29) is 5.82 Å². The van der Waals surface area contributed by atoms with Gasteiger partial charge >= 0.3 is 0 Å². The maximum absolute atomic E-state index is 13.4. The summed E-state index contributed by atoms with van der Waals surface area (Å²) in [5.74, 6) is 1.93. The lowest BCUT2D eigenvalue weighted by Gasteiger charge is -2.35. The third kappa shape index (κ3) is 3.76. The predicted octanol–water partition coefficient (Wildman–Crippen LogP) is 3.29. The molecule has 0 radical (unpaired) electrons. The van der Waals surface area contributed by atoms with Crippen LogP contribution in [0.2, 0.25) is 0 Å². The molecule has 5 rings (SSSR count). The largest absolute Gasteiger partial charge is 0.423 e. The molecular formula is C21H24FN5O2. The molecule has 4 heterocycles. The second kappa shape index (κ2) is 7.59. The Hall–Kier alpha value is -2.74. The minimum Gasteiger partial charge on any atom is -0.423 e. The van der Waals surface area contributed by atoms with E-state index in [0.717, 1.165) is 69.6 Å². The summed E-state index contributed by atoms with van der Waals surface area (Å²) in [6, 6.07) is 7.12. The molecule has 2 aliphatic rings. The Labute approximate surface area is 168 Å². The molecule has 0 bridgehead atoms. The minimum atomic E-state index is -0.315. The Morgan fingerprint density at radius 3 is 2.52 bits per heavy atom. The molecule has 2 saturated heterocycles. The number of oxazole rings is 1. The fourth-order valence-electron chi connectivity index (χ4n) is 4.09. The molecule has 7 nitrogen and oxygen atoms in total. The number of benzene rings is 1. The zero-order valence-electron chi connectivity index (χ0n) is 16.5. The van der Waals surface area contributed by atoms with Crippen molar-refractivity contribution in [2.24, 2.45) is 0 Å². The van der Waals surface area contributed by atoms with Gasteiger partial charge in [-0.15, -0.1) is 0 Å². The standard InChI is InChI=1S/C21H24FN5O2/c1-14-23-18(15-4-10-28-11-5-15)13-20(24-14)26-6-8-27(9-7-26)21-25-17-3-2-16(22)12-19(17)29-21/h2-3,12-13,15H,4-11H2,1H3. The van der Waals surface area contributed by atoms with Gasteiger partial charge in [0.15, 0.2) is 5.58 Å². The molecule has 152 valence electrons. The van der Waals surface area contributed by atoms with Gasteiger partial charge in [0.2, 0.25) is 0 Å². The zero-order valence-corrected chi connectivity index (χ0v) is 16.5. The molecule has 8 heteroatoms. The summed E-state index contributed by atoms with van der Waals surface area (Å²) < 4.78 is 24.7. The number of anilines is 2. The van der Waals surface area contributed by atoms with E-state index < -0.39 is 0 Å². The van der Waals surface area contributed by atoms with Gasteiger partial charge in [-0.05, 0) is 31.9 Å². The molecular weight excluding hydrogens is 373 g/mol. The van der Waals surface area contributed by atoms with E-state index in [1.807, 2.05) is 6.92 Å². The van der Waals surface area contributed by atoms with E-state index in [9.17, 15) is 4.39 Å². The summed E-state index contributed by atoms with van der Waals surface area (Å²) in [6.07, 6.45) is 2.03. The van der Waals surface area contributed by atoms with Crippen molar-refractivity contribution >= 4 is 22.9 Å². The van der Waals surface area contributed by atoms with E-state index in [1.165, 1.54) is 12.1 Å². The Morgan fingerprint density at radius 2 is 1.72 bits per heavy atom. The van der Waals surface area contributed by atoms with Gasteiger partial charge in [-0.25, -0.2) is 14.4 Å². The van der Waals surface area contributed by atoms with Crippen molar-refractivity contribution in [3.8, 4) is 0 Å². The second-order valence-corrected chi connectivity index (χ2v) is 7.67. The van der Waals surface area contributed by atoms with Crippen molar-refractivity contribution in [3.05, 3.63) is 41.6 Å². The Balaban J connectivity index is 1.30. The molecule has 29 heavy (non-hydrogen) atoms. The fraction of sp³-hybridized carbons (Fsp3) is 0.476. The summed E-state index contributed by atoms with van der Waals surface area (Å²) in [4.78, 5) is 18.3. The molecule has 0 N–H and O–H groups in total. The Kier molecular flexibility index (Phi) is 4.79. The third-order valence-corrected chi connectivity index (χ3v) is 5.70. The highest BCUT2D eigenvalue weighted by atomic mass is 19.1. The topological polar surface area (TPSA) is 67.5 Å². The van der Waals surface area contributed by atoms with Gasteiger partial charge in [0, 0.05) is 63.1 Å². The summed E-state index contributed by atoms with van der Waals surface area (Å²) in [5.41, 5.74) is 2.28. The summed E-state index contributed by atoms with van der Waals surface area (Å²) in [6.45, 7) is 6.73. The van der Waals surface area contributed by atoms with Crippen molar-refractivity contribution < 1.29 is 13.5 Å². The highest BCUT2D eigenvalue weighted by molar-refractivity contribution is 5.74. The Bertz CT molecular complexity index is 1010. The molecule has 0 aliphatic carbocycles. The first-order valence-corrected chi connectivity index (χ1v) is 10.1. The summed E-state index contributed by atoms with van der Waals surface area (Å²) in [7, 11) is 0. The first-order valence-electron chi connectivity index (χ1n) is 10.1. The van der Waals surface area contributed by atoms with Crippen molar-refractivity contribution in [2.75, 3.05) is 49.2 Å². The Morgan fingerprint density at radius 1 is 0.966 bits per heavy atom. The first kappa shape index (κ1) is 18.3. The van der Waals surface area contributed by atoms with Crippen LogP contribution in [0.1, 0.15) is 30.3 Å². The number of hydrogen-bond donors (Lipinski definition) is 0. The van der Waals surface area contributed by atoms with Crippen LogP contribution >= 0.6 is 0 Å². The van der Waals surface area contributed by atoms with Crippen LogP contribution in [0.3, 0.4) is 0 Å². The van der Waals surface area contributed by atoms with Crippen molar-refractivity contribution in [1.82, 2.24) is 15.0 Å². The number of aryl methyl sites for hydroxylation is 1. The number of ether oxygens (including phenoxy) is 1.